The van der Waals surface area contributed by atoms with Crippen molar-refractivity contribution < 1.29 is 9.59 Å². The van der Waals surface area contributed by atoms with Crippen molar-refractivity contribution in [3.63, 3.8) is 0 Å². The second kappa shape index (κ2) is 7.42. The summed E-state index contributed by atoms with van der Waals surface area (Å²) >= 11 is 0. The molecule has 3 aliphatic heterocycles. The molecule has 3 fully saturated rings. The third-order valence-electron chi connectivity index (χ3n) is 4.78. The summed E-state index contributed by atoms with van der Waals surface area (Å²) in [7, 11) is 0. The van der Waals surface area contributed by atoms with E-state index in [-0.39, 0.29) is 24.2 Å². The highest BCUT2D eigenvalue weighted by Gasteiger charge is 2.37. The molecule has 2 atom stereocenters. The van der Waals surface area contributed by atoms with E-state index in [4.69, 9.17) is 0 Å². The summed E-state index contributed by atoms with van der Waals surface area (Å²) in [5, 5.41) is 6.23. The number of hydrogen-bond donors (Lipinski definition) is 2. The van der Waals surface area contributed by atoms with Crippen molar-refractivity contribution in [3.05, 3.63) is 0 Å². The van der Waals surface area contributed by atoms with E-state index < -0.39 is 0 Å². The highest BCUT2D eigenvalue weighted by atomic mass is 35.5. The van der Waals surface area contributed by atoms with Crippen LogP contribution in [0.2, 0.25) is 0 Å². The van der Waals surface area contributed by atoms with Crippen molar-refractivity contribution in [3.8, 4) is 0 Å². The SMILES string of the molecule is Cl.O=C1CC2CCC(CN1)N2CCC(=O)N1CCNCC1. The minimum atomic E-state index is 0. The molecule has 2 unspecified atom stereocenters. The fourth-order valence-corrected chi connectivity index (χ4v) is 3.63. The van der Waals surface area contributed by atoms with Crippen LogP contribution in [0.1, 0.15) is 25.7 Å². The van der Waals surface area contributed by atoms with Crippen LogP contribution in [0.3, 0.4) is 0 Å². The Kier molecular flexibility index (Phi) is 5.84. The van der Waals surface area contributed by atoms with Crippen molar-refractivity contribution in [1.82, 2.24) is 20.4 Å². The van der Waals surface area contributed by atoms with Gasteiger partial charge in [-0.25, -0.2) is 0 Å². The molecule has 120 valence electrons. The highest BCUT2D eigenvalue weighted by Crippen LogP contribution is 2.28. The molecule has 3 rings (SSSR count). The van der Waals surface area contributed by atoms with Crippen LogP contribution in [0, 0.1) is 0 Å². The maximum Gasteiger partial charge on any atom is 0.223 e. The van der Waals surface area contributed by atoms with Crippen LogP contribution < -0.4 is 10.6 Å². The fraction of sp³-hybridized carbons (Fsp3) is 0.857. The number of amides is 2. The lowest BCUT2D eigenvalue weighted by molar-refractivity contribution is -0.132. The summed E-state index contributed by atoms with van der Waals surface area (Å²) in [5.74, 6) is 0.421. The molecule has 7 heteroatoms. The van der Waals surface area contributed by atoms with Gasteiger partial charge in [-0.1, -0.05) is 0 Å². The number of carbonyl (C=O) groups is 2. The molecule has 0 radical (unpaired) electrons. The molecule has 3 aliphatic rings. The Morgan fingerprint density at radius 2 is 1.90 bits per heavy atom. The van der Waals surface area contributed by atoms with Crippen LogP contribution in [0.4, 0.5) is 0 Å². The number of hydrogen-bond acceptors (Lipinski definition) is 4. The molecule has 0 aromatic heterocycles. The first-order chi connectivity index (χ1) is 9.74. The number of fused-ring (bicyclic) bond motifs is 2. The topological polar surface area (TPSA) is 64.7 Å². The minimum Gasteiger partial charge on any atom is -0.354 e. The average molecular weight is 317 g/mol. The first-order valence-corrected chi connectivity index (χ1v) is 7.75. The normalized spacial score (nSPS) is 29.5. The molecule has 0 saturated carbocycles. The standard InChI is InChI=1S/C14H24N4O2.ClH/c19-13-9-11-1-2-12(10-16-13)18(11)6-3-14(20)17-7-4-15-5-8-17;/h11-12,15H,1-10H2,(H,16,19);1H. The van der Waals surface area contributed by atoms with E-state index in [1.54, 1.807) is 0 Å². The Morgan fingerprint density at radius 3 is 2.67 bits per heavy atom. The van der Waals surface area contributed by atoms with E-state index in [0.29, 0.717) is 24.9 Å². The molecule has 2 N–H and O–H groups in total. The van der Waals surface area contributed by atoms with Crippen molar-refractivity contribution in [2.24, 2.45) is 0 Å². The van der Waals surface area contributed by atoms with E-state index in [1.807, 2.05) is 4.90 Å². The summed E-state index contributed by atoms with van der Waals surface area (Å²) in [5.41, 5.74) is 0. The van der Waals surface area contributed by atoms with Crippen LogP contribution in [0.5, 0.6) is 0 Å². The maximum absolute atomic E-state index is 12.2. The zero-order chi connectivity index (χ0) is 13.9. The molecule has 0 spiro atoms. The number of piperazine rings is 1. The van der Waals surface area contributed by atoms with Crippen LogP contribution in [-0.4, -0.2) is 73.0 Å². The summed E-state index contributed by atoms with van der Waals surface area (Å²) in [6.07, 6.45) is 3.42. The van der Waals surface area contributed by atoms with Gasteiger partial charge in [0, 0.05) is 64.2 Å². The Labute approximate surface area is 132 Å². The van der Waals surface area contributed by atoms with Gasteiger partial charge in [0.1, 0.15) is 0 Å². The number of halogens is 1. The van der Waals surface area contributed by atoms with Gasteiger partial charge in [-0.05, 0) is 12.8 Å². The zero-order valence-corrected chi connectivity index (χ0v) is 13.2. The number of nitrogens with zero attached hydrogens (tertiary/aromatic N) is 2. The van der Waals surface area contributed by atoms with Gasteiger partial charge in [0.15, 0.2) is 0 Å². The van der Waals surface area contributed by atoms with E-state index in [0.717, 1.165) is 52.1 Å². The number of nitrogens with one attached hydrogen (secondary N) is 2. The first-order valence-electron chi connectivity index (χ1n) is 7.75. The lowest BCUT2D eigenvalue weighted by Crippen LogP contribution is -2.47. The van der Waals surface area contributed by atoms with Gasteiger partial charge in [-0.3, -0.25) is 14.5 Å². The molecule has 21 heavy (non-hydrogen) atoms. The van der Waals surface area contributed by atoms with Crippen molar-refractivity contribution in [1.29, 1.82) is 0 Å². The Bertz CT molecular complexity index is 387. The monoisotopic (exact) mass is 316 g/mol. The molecule has 6 nitrogen and oxygen atoms in total. The molecular weight excluding hydrogens is 292 g/mol. The van der Waals surface area contributed by atoms with Gasteiger partial charge in [0.05, 0.1) is 0 Å². The van der Waals surface area contributed by atoms with Gasteiger partial charge in [0.2, 0.25) is 11.8 Å². The summed E-state index contributed by atoms with van der Waals surface area (Å²) in [4.78, 5) is 28.1. The minimum absolute atomic E-state index is 0. The zero-order valence-electron chi connectivity index (χ0n) is 12.3. The largest absolute Gasteiger partial charge is 0.354 e. The molecule has 2 bridgehead atoms. The van der Waals surface area contributed by atoms with Crippen molar-refractivity contribution in [2.75, 3.05) is 39.3 Å². The number of rotatable bonds is 3. The summed E-state index contributed by atoms with van der Waals surface area (Å²) < 4.78 is 0. The summed E-state index contributed by atoms with van der Waals surface area (Å²) in [6, 6.07) is 0.778. The van der Waals surface area contributed by atoms with E-state index in [1.165, 1.54) is 0 Å². The molecule has 3 saturated heterocycles. The smallest absolute Gasteiger partial charge is 0.223 e. The Balaban J connectivity index is 0.00000161. The van der Waals surface area contributed by atoms with Crippen LogP contribution in [0.15, 0.2) is 0 Å². The predicted octanol–water partition coefficient (Wildman–Crippen LogP) is -0.417. The Hall–Kier alpha value is -0.850. The highest BCUT2D eigenvalue weighted by molar-refractivity contribution is 5.85. The van der Waals surface area contributed by atoms with Crippen molar-refractivity contribution in [2.45, 2.75) is 37.8 Å². The number of carbonyl (C=O) groups excluding carboxylic acids is 2. The van der Waals surface area contributed by atoms with E-state index in [2.05, 4.69) is 15.5 Å². The van der Waals surface area contributed by atoms with Gasteiger partial charge in [0.25, 0.3) is 0 Å². The second-order valence-corrected chi connectivity index (χ2v) is 6.01. The van der Waals surface area contributed by atoms with Crippen LogP contribution >= 0.6 is 12.4 Å². The van der Waals surface area contributed by atoms with Crippen LogP contribution in [-0.2, 0) is 9.59 Å². The maximum atomic E-state index is 12.2. The second-order valence-electron chi connectivity index (χ2n) is 6.01. The average Bonchev–Trinajstić information content (AvgIpc) is 2.76. The fourth-order valence-electron chi connectivity index (χ4n) is 3.63. The first kappa shape index (κ1) is 16.5. The lowest BCUT2D eigenvalue weighted by Gasteiger charge is -2.30. The molecule has 2 amide bonds. The quantitative estimate of drug-likeness (QED) is 0.742. The Morgan fingerprint density at radius 1 is 1.19 bits per heavy atom. The molecule has 0 aliphatic carbocycles. The van der Waals surface area contributed by atoms with Crippen molar-refractivity contribution >= 4 is 24.2 Å². The van der Waals surface area contributed by atoms with E-state index in [9.17, 15) is 9.59 Å². The third kappa shape index (κ3) is 3.87. The van der Waals surface area contributed by atoms with Gasteiger partial charge in [-0.15, -0.1) is 12.4 Å². The van der Waals surface area contributed by atoms with E-state index >= 15 is 0 Å². The van der Waals surface area contributed by atoms with Gasteiger partial charge >= 0.3 is 0 Å². The molecule has 0 aromatic carbocycles. The molecular formula is C14H25ClN4O2. The third-order valence-corrected chi connectivity index (χ3v) is 4.78. The lowest BCUT2D eigenvalue weighted by atomic mass is 10.1. The van der Waals surface area contributed by atoms with Gasteiger partial charge in [-0.2, -0.15) is 0 Å². The molecule has 0 aromatic rings. The van der Waals surface area contributed by atoms with Gasteiger partial charge < -0.3 is 15.5 Å². The predicted molar refractivity (Wildman–Crippen MR) is 82.5 cm³/mol. The summed E-state index contributed by atoms with van der Waals surface area (Å²) in [6.45, 7) is 5.00. The van der Waals surface area contributed by atoms with Crippen LogP contribution in [0.25, 0.3) is 0 Å². The molecule has 3 heterocycles.